The molecule has 1 aromatic heterocycles. The highest BCUT2D eigenvalue weighted by Crippen LogP contribution is 2.41. The summed E-state index contributed by atoms with van der Waals surface area (Å²) in [5, 5.41) is 14.2. The third-order valence-corrected chi connectivity index (χ3v) is 6.55. The lowest BCUT2D eigenvalue weighted by Crippen LogP contribution is -2.26. The first-order chi connectivity index (χ1) is 12.0. The van der Waals surface area contributed by atoms with E-state index in [0.717, 1.165) is 29.9 Å². The Kier molecular flexibility index (Phi) is 5.96. The van der Waals surface area contributed by atoms with Gasteiger partial charge in [0.25, 0.3) is 0 Å². The number of hydrogen-bond donors (Lipinski definition) is 1. The lowest BCUT2D eigenvalue weighted by Gasteiger charge is -2.15. The third-order valence-electron chi connectivity index (χ3n) is 5.04. The van der Waals surface area contributed by atoms with Crippen LogP contribution in [0, 0.1) is 0 Å². The molecule has 134 valence electrons. The molecule has 0 radical (unpaired) electrons. The quantitative estimate of drug-likeness (QED) is 0.214. The maximum atomic E-state index is 8.34. The minimum Gasteiger partial charge on any atom is -0.220 e. The highest BCUT2D eigenvalue weighted by atomic mass is 32.2. The maximum absolute atomic E-state index is 8.34. The van der Waals surface area contributed by atoms with Crippen molar-refractivity contribution in [2.75, 3.05) is 6.54 Å². The second kappa shape index (κ2) is 8.01. The molecule has 0 atom stereocenters. The van der Waals surface area contributed by atoms with Gasteiger partial charge in [-0.2, -0.15) is 4.58 Å². The Labute approximate surface area is 157 Å². The molecule has 0 bridgehead atoms. The predicted octanol–water partition coefficient (Wildman–Crippen LogP) is 5.60. The molecule has 1 aliphatic rings. The normalized spacial score (nSPS) is 15.7. The molecule has 1 aromatic carbocycles. The van der Waals surface area contributed by atoms with Gasteiger partial charge in [0, 0.05) is 34.7 Å². The predicted molar refractivity (Wildman–Crippen MR) is 103 cm³/mol. The first kappa shape index (κ1) is 18.6. The summed E-state index contributed by atoms with van der Waals surface area (Å²) in [4.78, 5) is 2.38. The molecule has 1 N–H and O–H groups in total. The topological polar surface area (TPSA) is 41.7 Å². The van der Waals surface area contributed by atoms with Gasteiger partial charge >= 0.3 is 0 Å². The fourth-order valence-corrected chi connectivity index (χ4v) is 4.53. The minimum atomic E-state index is -0.0142. The van der Waals surface area contributed by atoms with E-state index in [9.17, 15) is 0 Å². The van der Waals surface area contributed by atoms with Crippen molar-refractivity contribution >= 4 is 34.8 Å². The largest absolute Gasteiger partial charge is 0.220 e. The van der Waals surface area contributed by atoms with Crippen LogP contribution in [0.3, 0.4) is 0 Å². The van der Waals surface area contributed by atoms with Crippen LogP contribution in [0.15, 0.2) is 40.6 Å². The number of thiophene rings is 1. The summed E-state index contributed by atoms with van der Waals surface area (Å²) in [6.07, 6.45) is 3.53. The van der Waals surface area contributed by atoms with E-state index >= 15 is 0 Å². The van der Waals surface area contributed by atoms with Gasteiger partial charge < -0.3 is 0 Å². The van der Waals surface area contributed by atoms with Crippen LogP contribution in [-0.2, 0) is 21.2 Å². The van der Waals surface area contributed by atoms with Crippen molar-refractivity contribution < 1.29 is 19.2 Å². The fourth-order valence-electron chi connectivity index (χ4n) is 3.38. The van der Waals surface area contributed by atoms with Gasteiger partial charge in [0.2, 0.25) is 5.69 Å². The Balaban J connectivity index is 1.70. The average molecular weight is 379 g/mol. The van der Waals surface area contributed by atoms with Gasteiger partial charge in [-0.05, 0) is 50.3 Å². The zero-order valence-electron chi connectivity index (χ0n) is 14.8. The molecule has 0 fully saturated rings. The van der Waals surface area contributed by atoms with Gasteiger partial charge in [-0.15, -0.1) is 15.7 Å². The summed E-state index contributed by atoms with van der Waals surface area (Å²) in [5.74, 6) is 0. The summed E-state index contributed by atoms with van der Waals surface area (Å²) in [7, 11) is 0. The monoisotopic (exact) mass is 378 g/mol. The Morgan fingerprint density at radius 2 is 2.08 bits per heavy atom. The molecule has 0 saturated heterocycles. The lowest BCUT2D eigenvalue weighted by atomic mass is 9.82. The average Bonchev–Trinajstić information content (AvgIpc) is 3.18. The smallest absolute Gasteiger partial charge is 0.209 e. The zero-order chi connectivity index (χ0) is 17.9. The summed E-state index contributed by atoms with van der Waals surface area (Å²) in [6.45, 7) is 7.77. The molecule has 0 amide bonds. The summed E-state index contributed by atoms with van der Waals surface area (Å²) >= 11 is 2.85. The van der Waals surface area contributed by atoms with E-state index in [1.807, 2.05) is 17.4 Å². The van der Waals surface area contributed by atoms with Crippen molar-refractivity contribution in [3.63, 3.8) is 0 Å². The van der Waals surface area contributed by atoms with Crippen LogP contribution in [0.4, 0.5) is 5.69 Å². The minimum absolute atomic E-state index is 0.0142. The summed E-state index contributed by atoms with van der Waals surface area (Å²) < 4.78 is 7.01. The molecule has 25 heavy (non-hydrogen) atoms. The van der Waals surface area contributed by atoms with E-state index in [4.69, 9.17) is 5.26 Å². The van der Waals surface area contributed by atoms with Crippen molar-refractivity contribution in [3.05, 3.63) is 46.2 Å². The Bertz CT molecular complexity index is 754. The third kappa shape index (κ3) is 3.99. The van der Waals surface area contributed by atoms with Crippen molar-refractivity contribution in [1.29, 1.82) is 0 Å². The summed E-state index contributed by atoms with van der Waals surface area (Å²) in [6, 6.07) is 10.6. The molecular weight excluding hydrogens is 354 g/mol. The number of fused-ring (bicyclic) bond motifs is 1. The maximum Gasteiger partial charge on any atom is 0.209 e. The molecule has 6 heteroatoms. The van der Waals surface area contributed by atoms with Crippen molar-refractivity contribution in [2.45, 2.75) is 50.3 Å². The van der Waals surface area contributed by atoms with E-state index in [0.29, 0.717) is 0 Å². The molecule has 2 aromatic rings. The van der Waals surface area contributed by atoms with Gasteiger partial charge in [0.15, 0.2) is 5.71 Å². The molecule has 0 unspecified atom stereocenters. The van der Waals surface area contributed by atoms with Gasteiger partial charge in [0.1, 0.15) is 6.54 Å². The van der Waals surface area contributed by atoms with Crippen LogP contribution < -0.4 is 0 Å². The number of rotatable bonds is 8. The van der Waals surface area contributed by atoms with Crippen LogP contribution in [0.5, 0.6) is 0 Å². The number of nitrogens with zero attached hydrogens (tertiary/aromatic N) is 1. The van der Waals surface area contributed by atoms with Crippen LogP contribution >= 0.6 is 23.4 Å². The SMILES string of the molecule is CC1=[N+](CCCCc2cccs2)c2ccc(SOOO)cc2C1(C)C. The van der Waals surface area contributed by atoms with Gasteiger partial charge in [0.05, 0.1) is 17.5 Å². The van der Waals surface area contributed by atoms with E-state index in [1.165, 1.54) is 34.7 Å². The van der Waals surface area contributed by atoms with E-state index in [1.54, 1.807) is 0 Å². The molecule has 0 saturated carbocycles. The fraction of sp³-hybridized carbons (Fsp3) is 0.421. The van der Waals surface area contributed by atoms with E-state index in [-0.39, 0.29) is 5.41 Å². The van der Waals surface area contributed by atoms with Crippen molar-refractivity contribution in [3.8, 4) is 0 Å². The Hall–Kier alpha value is -1.18. The highest BCUT2D eigenvalue weighted by Gasteiger charge is 2.42. The van der Waals surface area contributed by atoms with Crippen molar-refractivity contribution in [2.24, 2.45) is 0 Å². The zero-order valence-corrected chi connectivity index (χ0v) is 16.5. The summed E-state index contributed by atoms with van der Waals surface area (Å²) in [5.41, 5.74) is 3.92. The van der Waals surface area contributed by atoms with Crippen molar-refractivity contribution in [1.82, 2.24) is 0 Å². The van der Waals surface area contributed by atoms with Crippen LogP contribution in [0.1, 0.15) is 44.1 Å². The van der Waals surface area contributed by atoms with E-state index < -0.39 is 0 Å². The molecule has 4 nitrogen and oxygen atoms in total. The first-order valence-electron chi connectivity index (χ1n) is 8.47. The van der Waals surface area contributed by atoms with E-state index in [2.05, 4.69) is 64.4 Å². The first-order valence-corrected chi connectivity index (χ1v) is 10.1. The van der Waals surface area contributed by atoms with Crippen LogP contribution in [-0.4, -0.2) is 22.1 Å². The number of aryl methyl sites for hydroxylation is 1. The number of hydrogen-bond acceptors (Lipinski definition) is 5. The molecule has 1 aliphatic heterocycles. The van der Waals surface area contributed by atoms with Gasteiger partial charge in [-0.25, -0.2) is 5.26 Å². The van der Waals surface area contributed by atoms with Crippen LogP contribution in [0.25, 0.3) is 0 Å². The second-order valence-electron chi connectivity index (χ2n) is 6.80. The lowest BCUT2D eigenvalue weighted by molar-refractivity contribution is -0.439. The highest BCUT2D eigenvalue weighted by molar-refractivity contribution is 7.94. The standard InChI is InChI=1S/C19H23NO3S2/c1-14-19(2,3)17-13-16(25-23-22-21)9-10-18(17)20(14)11-5-4-7-15-8-6-12-24-15/h6,8-10,12-13H,4-5,7,11H2,1-3H3/p+1. The Morgan fingerprint density at radius 1 is 1.24 bits per heavy atom. The molecule has 0 aliphatic carbocycles. The van der Waals surface area contributed by atoms with Gasteiger partial charge in [-0.3, -0.25) is 0 Å². The van der Waals surface area contributed by atoms with Gasteiger partial charge in [-0.1, -0.05) is 11.1 Å². The molecule has 0 spiro atoms. The second-order valence-corrected chi connectivity index (χ2v) is 8.61. The molecule has 3 rings (SSSR count). The Morgan fingerprint density at radius 3 is 2.80 bits per heavy atom. The number of benzene rings is 1. The number of unbranched alkanes of at least 4 members (excludes halogenated alkanes) is 1. The molecular formula is C19H24NO3S2+. The molecule has 2 heterocycles. The van der Waals surface area contributed by atoms with Crippen LogP contribution in [0.2, 0.25) is 0 Å².